The first-order valence-corrected chi connectivity index (χ1v) is 9.65. The van der Waals surface area contributed by atoms with Gasteiger partial charge in [-0.2, -0.15) is 0 Å². The van der Waals surface area contributed by atoms with Crippen LogP contribution >= 0.6 is 0 Å². The lowest BCUT2D eigenvalue weighted by molar-refractivity contribution is 0.442. The van der Waals surface area contributed by atoms with E-state index in [2.05, 4.69) is 25.1 Å². The van der Waals surface area contributed by atoms with Crippen LogP contribution in [0.1, 0.15) is 36.6 Å². The minimum atomic E-state index is -3.72. The summed E-state index contributed by atoms with van der Waals surface area (Å²) in [4.78, 5) is 4.09. The lowest BCUT2D eigenvalue weighted by Gasteiger charge is -2.09. The van der Waals surface area contributed by atoms with Crippen LogP contribution in [0.4, 0.5) is 0 Å². The van der Waals surface area contributed by atoms with E-state index in [1.165, 1.54) is 12.3 Å². The van der Waals surface area contributed by atoms with E-state index in [1.54, 1.807) is 6.92 Å². The molecule has 1 aliphatic rings. The first kappa shape index (κ1) is 16.2. The molecule has 3 aromatic heterocycles. The standard InChI is InChI=1S/C15H18N6O3S/c1-10-12-7-11(8-16-15(12)24-20-10)25(22,23)17-9-14-19-18-13-5-3-2-4-6-21(13)14/h7-8,17H,2-6,9H2,1H3. The molecular formula is C15H18N6O3S. The van der Waals surface area contributed by atoms with Gasteiger partial charge in [-0.3, -0.25) is 0 Å². The number of aromatic nitrogens is 5. The van der Waals surface area contributed by atoms with Gasteiger partial charge in [0, 0.05) is 13.0 Å². The van der Waals surface area contributed by atoms with Crippen molar-refractivity contribution < 1.29 is 12.9 Å². The average Bonchev–Trinajstić information content (AvgIpc) is 3.08. The number of nitrogens with zero attached hydrogens (tertiary/aromatic N) is 5. The molecule has 10 heteroatoms. The van der Waals surface area contributed by atoms with Gasteiger partial charge in [-0.1, -0.05) is 11.6 Å². The van der Waals surface area contributed by atoms with Gasteiger partial charge < -0.3 is 9.09 Å². The lowest BCUT2D eigenvalue weighted by atomic mass is 10.2. The fraction of sp³-hybridized carbons (Fsp3) is 0.467. The van der Waals surface area contributed by atoms with Crippen molar-refractivity contribution in [1.29, 1.82) is 0 Å². The number of sulfonamides is 1. The van der Waals surface area contributed by atoms with E-state index in [0.717, 1.165) is 38.1 Å². The maximum absolute atomic E-state index is 12.6. The van der Waals surface area contributed by atoms with Crippen LogP contribution in [-0.4, -0.2) is 33.3 Å². The fourth-order valence-electron chi connectivity index (χ4n) is 2.99. The molecule has 132 valence electrons. The molecule has 0 radical (unpaired) electrons. The van der Waals surface area contributed by atoms with Gasteiger partial charge in [0.15, 0.2) is 0 Å². The van der Waals surface area contributed by atoms with Crippen molar-refractivity contribution in [2.45, 2.75) is 50.6 Å². The predicted molar refractivity (Wildman–Crippen MR) is 88.1 cm³/mol. The smallest absolute Gasteiger partial charge is 0.257 e. The van der Waals surface area contributed by atoms with Gasteiger partial charge in [0.1, 0.15) is 16.5 Å². The van der Waals surface area contributed by atoms with Crippen molar-refractivity contribution in [1.82, 2.24) is 29.6 Å². The summed E-state index contributed by atoms with van der Waals surface area (Å²) in [7, 11) is -3.72. The van der Waals surface area contributed by atoms with E-state index < -0.39 is 10.0 Å². The monoisotopic (exact) mass is 362 g/mol. The summed E-state index contributed by atoms with van der Waals surface area (Å²) in [6.07, 6.45) is 5.44. The third-order valence-corrected chi connectivity index (χ3v) is 5.77. The molecule has 0 aromatic carbocycles. The van der Waals surface area contributed by atoms with Crippen molar-refractivity contribution in [3.8, 4) is 0 Å². The van der Waals surface area contributed by atoms with Crippen LogP contribution in [0.25, 0.3) is 11.1 Å². The Hall–Kier alpha value is -2.33. The summed E-state index contributed by atoms with van der Waals surface area (Å²) >= 11 is 0. The number of fused-ring (bicyclic) bond motifs is 2. The molecule has 4 heterocycles. The minimum Gasteiger partial charge on any atom is -0.336 e. The van der Waals surface area contributed by atoms with Crippen LogP contribution in [0.15, 0.2) is 21.7 Å². The maximum Gasteiger partial charge on any atom is 0.257 e. The van der Waals surface area contributed by atoms with Gasteiger partial charge in [-0.25, -0.2) is 18.1 Å². The van der Waals surface area contributed by atoms with Gasteiger partial charge in [0.25, 0.3) is 5.71 Å². The number of hydrogen-bond donors (Lipinski definition) is 1. The third kappa shape index (κ3) is 3.02. The first-order chi connectivity index (χ1) is 12.0. The second kappa shape index (κ2) is 6.19. The Labute approximate surface area is 144 Å². The number of hydrogen-bond acceptors (Lipinski definition) is 7. The quantitative estimate of drug-likeness (QED) is 0.744. The number of nitrogens with one attached hydrogen (secondary N) is 1. The normalized spacial score (nSPS) is 15.2. The van der Waals surface area contributed by atoms with Gasteiger partial charge >= 0.3 is 0 Å². The van der Waals surface area contributed by atoms with Crippen molar-refractivity contribution in [2.24, 2.45) is 0 Å². The Morgan fingerprint density at radius 3 is 3.04 bits per heavy atom. The molecule has 25 heavy (non-hydrogen) atoms. The molecule has 0 saturated carbocycles. The highest BCUT2D eigenvalue weighted by molar-refractivity contribution is 7.89. The Morgan fingerprint density at radius 1 is 1.28 bits per heavy atom. The molecule has 1 aliphatic heterocycles. The maximum atomic E-state index is 12.6. The van der Waals surface area contributed by atoms with Gasteiger partial charge in [0.05, 0.1) is 23.8 Å². The highest BCUT2D eigenvalue weighted by Gasteiger charge is 2.20. The summed E-state index contributed by atoms with van der Waals surface area (Å²) in [5.74, 6) is 1.56. The Kier molecular flexibility index (Phi) is 4.00. The topological polar surface area (TPSA) is 116 Å². The Bertz CT molecular complexity index is 1020. The van der Waals surface area contributed by atoms with Crippen molar-refractivity contribution >= 4 is 21.1 Å². The van der Waals surface area contributed by atoms with Crippen molar-refractivity contribution in [3.63, 3.8) is 0 Å². The minimum absolute atomic E-state index is 0.0712. The molecule has 9 nitrogen and oxygen atoms in total. The van der Waals surface area contributed by atoms with Gasteiger partial charge in [-0.15, -0.1) is 10.2 Å². The number of rotatable bonds is 4. The van der Waals surface area contributed by atoms with Crippen LogP contribution in [0, 0.1) is 6.92 Å². The Balaban J connectivity index is 1.57. The molecule has 3 aromatic rings. The van der Waals surface area contributed by atoms with Crippen LogP contribution in [-0.2, 0) is 29.5 Å². The lowest BCUT2D eigenvalue weighted by Crippen LogP contribution is -2.25. The highest BCUT2D eigenvalue weighted by Crippen LogP contribution is 2.20. The molecule has 0 atom stereocenters. The molecule has 0 bridgehead atoms. The zero-order valence-electron chi connectivity index (χ0n) is 13.8. The molecular weight excluding hydrogens is 344 g/mol. The van der Waals surface area contributed by atoms with E-state index in [-0.39, 0.29) is 11.4 Å². The second-order valence-electron chi connectivity index (χ2n) is 6.11. The highest BCUT2D eigenvalue weighted by atomic mass is 32.2. The molecule has 0 spiro atoms. The molecule has 4 rings (SSSR count). The van der Waals surface area contributed by atoms with E-state index in [0.29, 0.717) is 22.6 Å². The van der Waals surface area contributed by atoms with Crippen LogP contribution < -0.4 is 4.72 Å². The van der Waals surface area contributed by atoms with E-state index in [4.69, 9.17) is 4.52 Å². The summed E-state index contributed by atoms with van der Waals surface area (Å²) in [6.45, 7) is 2.66. The van der Waals surface area contributed by atoms with E-state index in [9.17, 15) is 8.42 Å². The van der Waals surface area contributed by atoms with Crippen LogP contribution in [0.3, 0.4) is 0 Å². The number of pyridine rings is 1. The summed E-state index contributed by atoms with van der Waals surface area (Å²) in [6, 6.07) is 1.51. The third-order valence-electron chi connectivity index (χ3n) is 4.40. The predicted octanol–water partition coefficient (Wildman–Crippen LogP) is 1.33. The first-order valence-electron chi connectivity index (χ1n) is 8.17. The molecule has 0 unspecified atom stereocenters. The zero-order chi connectivity index (χ0) is 17.4. The van der Waals surface area contributed by atoms with Crippen LogP contribution in [0.5, 0.6) is 0 Å². The molecule has 0 amide bonds. The average molecular weight is 362 g/mol. The van der Waals surface area contributed by atoms with Crippen molar-refractivity contribution in [3.05, 3.63) is 29.6 Å². The fourth-order valence-corrected chi connectivity index (χ4v) is 3.94. The number of aryl methyl sites for hydroxylation is 2. The second-order valence-corrected chi connectivity index (χ2v) is 7.88. The SMILES string of the molecule is Cc1noc2ncc(S(=O)(=O)NCc3nnc4n3CCCCC4)cc12. The largest absolute Gasteiger partial charge is 0.336 e. The van der Waals surface area contributed by atoms with E-state index in [1.807, 2.05) is 4.57 Å². The summed E-state index contributed by atoms with van der Waals surface area (Å²) in [5.41, 5.74) is 0.918. The van der Waals surface area contributed by atoms with Gasteiger partial charge in [0.2, 0.25) is 10.0 Å². The summed E-state index contributed by atoms with van der Waals surface area (Å²) in [5, 5.41) is 12.7. The summed E-state index contributed by atoms with van der Waals surface area (Å²) < 4.78 is 34.8. The molecule has 0 fully saturated rings. The van der Waals surface area contributed by atoms with E-state index >= 15 is 0 Å². The van der Waals surface area contributed by atoms with Crippen molar-refractivity contribution in [2.75, 3.05) is 0 Å². The molecule has 1 N–H and O–H groups in total. The molecule has 0 aliphatic carbocycles. The van der Waals surface area contributed by atoms with Crippen LogP contribution in [0.2, 0.25) is 0 Å². The molecule has 0 saturated heterocycles. The van der Waals surface area contributed by atoms with Gasteiger partial charge in [-0.05, 0) is 25.8 Å². The zero-order valence-corrected chi connectivity index (χ0v) is 14.6. The Morgan fingerprint density at radius 2 is 2.16 bits per heavy atom.